The zero-order chi connectivity index (χ0) is 14.4. The number of amides is 1. The zero-order valence-corrected chi connectivity index (χ0v) is 11.5. The van der Waals surface area contributed by atoms with Gasteiger partial charge in [0.05, 0.1) is 6.04 Å². The van der Waals surface area contributed by atoms with Crippen LogP contribution in [0.5, 0.6) is 0 Å². The number of nitrogen functional groups attached to an aromatic ring is 1. The highest BCUT2D eigenvalue weighted by atomic mass is 16.1. The van der Waals surface area contributed by atoms with Crippen molar-refractivity contribution in [2.24, 2.45) is 0 Å². The van der Waals surface area contributed by atoms with Gasteiger partial charge in [-0.1, -0.05) is 12.1 Å². The molecule has 1 aromatic carbocycles. The molecule has 1 heterocycles. The molecule has 0 bridgehead atoms. The van der Waals surface area contributed by atoms with Gasteiger partial charge in [0.2, 0.25) is 5.91 Å². The van der Waals surface area contributed by atoms with Crippen molar-refractivity contribution in [3.63, 3.8) is 0 Å². The summed E-state index contributed by atoms with van der Waals surface area (Å²) in [6.45, 7) is 1.97. The number of carbonyl (C=O) groups excluding carboxylic acids is 1. The number of benzene rings is 1. The van der Waals surface area contributed by atoms with Crippen molar-refractivity contribution in [2.45, 2.75) is 25.8 Å². The van der Waals surface area contributed by atoms with Crippen LogP contribution in [0.4, 0.5) is 5.69 Å². The molecule has 1 atom stereocenters. The van der Waals surface area contributed by atoms with E-state index in [0.717, 1.165) is 23.2 Å². The van der Waals surface area contributed by atoms with Crippen molar-refractivity contribution in [3.8, 4) is 0 Å². The van der Waals surface area contributed by atoms with E-state index in [1.54, 1.807) is 12.4 Å². The SMILES string of the molecule is CC(NC(=O)CCc1ccc(N)cc1)c1ccncc1. The number of carbonyl (C=O) groups is 1. The van der Waals surface area contributed by atoms with E-state index in [9.17, 15) is 4.79 Å². The fourth-order valence-corrected chi connectivity index (χ4v) is 1.99. The number of rotatable bonds is 5. The molecule has 1 unspecified atom stereocenters. The van der Waals surface area contributed by atoms with Crippen LogP contribution < -0.4 is 11.1 Å². The monoisotopic (exact) mass is 269 g/mol. The van der Waals surface area contributed by atoms with E-state index < -0.39 is 0 Å². The van der Waals surface area contributed by atoms with E-state index in [2.05, 4.69) is 10.3 Å². The number of nitrogens with zero attached hydrogens (tertiary/aromatic N) is 1. The third kappa shape index (κ3) is 4.09. The number of aryl methyl sites for hydroxylation is 1. The maximum atomic E-state index is 11.9. The largest absolute Gasteiger partial charge is 0.399 e. The Hall–Kier alpha value is -2.36. The minimum absolute atomic E-state index is 0.00285. The molecule has 104 valence electrons. The summed E-state index contributed by atoms with van der Waals surface area (Å²) < 4.78 is 0. The summed E-state index contributed by atoms with van der Waals surface area (Å²) >= 11 is 0. The Balaban J connectivity index is 1.82. The van der Waals surface area contributed by atoms with Crippen LogP contribution in [0, 0.1) is 0 Å². The van der Waals surface area contributed by atoms with Gasteiger partial charge in [-0.05, 0) is 48.7 Å². The smallest absolute Gasteiger partial charge is 0.220 e. The molecule has 1 amide bonds. The molecule has 0 aliphatic rings. The maximum Gasteiger partial charge on any atom is 0.220 e. The van der Waals surface area contributed by atoms with Crippen LogP contribution in [0.2, 0.25) is 0 Å². The highest BCUT2D eigenvalue weighted by Gasteiger charge is 2.09. The number of hydrogen-bond acceptors (Lipinski definition) is 3. The fourth-order valence-electron chi connectivity index (χ4n) is 1.99. The lowest BCUT2D eigenvalue weighted by atomic mass is 10.1. The third-order valence-corrected chi connectivity index (χ3v) is 3.20. The van der Waals surface area contributed by atoms with Crippen LogP contribution >= 0.6 is 0 Å². The van der Waals surface area contributed by atoms with Crippen molar-refractivity contribution in [2.75, 3.05) is 5.73 Å². The van der Waals surface area contributed by atoms with E-state index >= 15 is 0 Å². The minimum atomic E-state index is -0.00285. The van der Waals surface area contributed by atoms with Crippen molar-refractivity contribution in [3.05, 3.63) is 59.9 Å². The summed E-state index contributed by atoms with van der Waals surface area (Å²) in [6, 6.07) is 11.4. The van der Waals surface area contributed by atoms with E-state index in [1.165, 1.54) is 0 Å². The molecule has 3 N–H and O–H groups in total. The van der Waals surface area contributed by atoms with E-state index in [1.807, 2.05) is 43.3 Å². The van der Waals surface area contributed by atoms with E-state index in [-0.39, 0.29) is 11.9 Å². The van der Waals surface area contributed by atoms with Crippen LogP contribution in [0.1, 0.15) is 30.5 Å². The Bertz CT molecular complexity index is 552. The van der Waals surface area contributed by atoms with Crippen molar-refractivity contribution >= 4 is 11.6 Å². The Kier molecular flexibility index (Phi) is 4.71. The summed E-state index contributed by atoms with van der Waals surface area (Å²) in [5, 5.41) is 2.99. The number of hydrogen-bond donors (Lipinski definition) is 2. The molecule has 0 aliphatic carbocycles. The quantitative estimate of drug-likeness (QED) is 0.819. The number of anilines is 1. The average Bonchev–Trinajstić information content (AvgIpc) is 2.47. The first kappa shape index (κ1) is 14.1. The van der Waals surface area contributed by atoms with Gasteiger partial charge in [0, 0.05) is 24.5 Å². The summed E-state index contributed by atoms with van der Waals surface area (Å²) in [5.41, 5.74) is 8.54. The number of pyridine rings is 1. The topological polar surface area (TPSA) is 68.0 Å². The maximum absolute atomic E-state index is 11.9. The van der Waals surface area contributed by atoms with Crippen LogP contribution in [-0.2, 0) is 11.2 Å². The van der Waals surface area contributed by atoms with Crippen LogP contribution in [0.15, 0.2) is 48.8 Å². The number of nitrogens with two attached hydrogens (primary N) is 1. The summed E-state index contributed by atoms with van der Waals surface area (Å²) in [7, 11) is 0. The van der Waals surface area contributed by atoms with Gasteiger partial charge in [-0.2, -0.15) is 0 Å². The first-order valence-electron chi connectivity index (χ1n) is 6.69. The molecule has 0 radical (unpaired) electrons. The lowest BCUT2D eigenvalue weighted by Crippen LogP contribution is -2.26. The summed E-state index contributed by atoms with van der Waals surface area (Å²) in [4.78, 5) is 15.9. The first-order valence-corrected chi connectivity index (χ1v) is 6.69. The fraction of sp³-hybridized carbons (Fsp3) is 0.250. The lowest BCUT2D eigenvalue weighted by molar-refractivity contribution is -0.121. The molecule has 2 rings (SSSR count). The Morgan fingerprint density at radius 1 is 1.20 bits per heavy atom. The zero-order valence-electron chi connectivity index (χ0n) is 11.5. The van der Waals surface area contributed by atoms with Crippen LogP contribution in [-0.4, -0.2) is 10.9 Å². The van der Waals surface area contributed by atoms with Crippen molar-refractivity contribution in [1.29, 1.82) is 0 Å². The van der Waals surface area contributed by atoms with E-state index in [4.69, 9.17) is 5.73 Å². The molecule has 0 saturated heterocycles. The molecule has 4 heteroatoms. The highest BCUT2D eigenvalue weighted by molar-refractivity contribution is 5.76. The molecule has 0 aliphatic heterocycles. The second-order valence-electron chi connectivity index (χ2n) is 4.81. The molecule has 20 heavy (non-hydrogen) atoms. The second-order valence-corrected chi connectivity index (χ2v) is 4.81. The van der Waals surface area contributed by atoms with Crippen molar-refractivity contribution in [1.82, 2.24) is 10.3 Å². The molecule has 0 saturated carbocycles. The van der Waals surface area contributed by atoms with Gasteiger partial charge >= 0.3 is 0 Å². The number of aromatic nitrogens is 1. The summed E-state index contributed by atoms with van der Waals surface area (Å²) in [6.07, 6.45) is 4.65. The molecule has 0 fully saturated rings. The van der Waals surface area contributed by atoms with Crippen LogP contribution in [0.25, 0.3) is 0 Å². The lowest BCUT2D eigenvalue weighted by Gasteiger charge is -2.14. The molecule has 0 spiro atoms. The van der Waals surface area contributed by atoms with E-state index in [0.29, 0.717) is 6.42 Å². The Morgan fingerprint density at radius 3 is 2.50 bits per heavy atom. The molecule has 2 aromatic rings. The normalized spacial score (nSPS) is 11.8. The van der Waals surface area contributed by atoms with Gasteiger partial charge in [0.1, 0.15) is 0 Å². The Labute approximate surface area is 119 Å². The number of nitrogens with one attached hydrogen (secondary N) is 1. The van der Waals surface area contributed by atoms with Gasteiger partial charge in [0.25, 0.3) is 0 Å². The predicted octanol–water partition coefficient (Wildman–Crippen LogP) is 2.47. The Morgan fingerprint density at radius 2 is 1.85 bits per heavy atom. The summed E-state index contributed by atoms with van der Waals surface area (Å²) in [5.74, 6) is 0.0473. The predicted molar refractivity (Wildman–Crippen MR) is 80.0 cm³/mol. The minimum Gasteiger partial charge on any atom is -0.399 e. The third-order valence-electron chi connectivity index (χ3n) is 3.20. The van der Waals surface area contributed by atoms with Crippen LogP contribution in [0.3, 0.4) is 0 Å². The van der Waals surface area contributed by atoms with Gasteiger partial charge in [-0.3, -0.25) is 9.78 Å². The molecule has 4 nitrogen and oxygen atoms in total. The van der Waals surface area contributed by atoms with Gasteiger partial charge in [0.15, 0.2) is 0 Å². The highest BCUT2D eigenvalue weighted by Crippen LogP contribution is 2.11. The van der Waals surface area contributed by atoms with Gasteiger partial charge in [-0.25, -0.2) is 0 Å². The van der Waals surface area contributed by atoms with Gasteiger partial charge < -0.3 is 11.1 Å². The molecular weight excluding hydrogens is 250 g/mol. The standard InChI is InChI=1S/C16H19N3O/c1-12(14-8-10-18-11-9-14)19-16(20)7-4-13-2-5-15(17)6-3-13/h2-3,5-6,8-12H,4,7,17H2,1H3,(H,19,20). The first-order chi connectivity index (χ1) is 9.65. The van der Waals surface area contributed by atoms with Crippen molar-refractivity contribution < 1.29 is 4.79 Å². The average molecular weight is 269 g/mol. The molecule has 1 aromatic heterocycles. The molecular formula is C16H19N3O. The van der Waals surface area contributed by atoms with Gasteiger partial charge in [-0.15, -0.1) is 0 Å². The second kappa shape index (κ2) is 6.70.